The van der Waals surface area contributed by atoms with Crippen LogP contribution in [0.1, 0.15) is 40.2 Å². The highest BCUT2D eigenvalue weighted by Gasteiger charge is 2.35. The number of benzene rings is 2. The summed E-state index contributed by atoms with van der Waals surface area (Å²) in [6.07, 6.45) is 4.82. The fourth-order valence-electron chi connectivity index (χ4n) is 3.25. The predicted molar refractivity (Wildman–Crippen MR) is 120 cm³/mol. The van der Waals surface area contributed by atoms with Crippen molar-refractivity contribution in [3.8, 4) is 11.5 Å². The highest BCUT2D eigenvalue weighted by molar-refractivity contribution is 6.35. The van der Waals surface area contributed by atoms with E-state index in [1.165, 1.54) is 24.5 Å². The highest BCUT2D eigenvalue weighted by atomic mass is 35.5. The Bertz CT molecular complexity index is 1170. The van der Waals surface area contributed by atoms with E-state index in [4.69, 9.17) is 39.5 Å². The molecule has 32 heavy (non-hydrogen) atoms. The minimum atomic E-state index is -3.43. The van der Waals surface area contributed by atoms with Gasteiger partial charge in [0.25, 0.3) is 11.8 Å². The highest BCUT2D eigenvalue weighted by Crippen LogP contribution is 2.41. The van der Waals surface area contributed by atoms with Crippen LogP contribution in [0.25, 0.3) is 0 Å². The zero-order chi connectivity index (χ0) is 22.9. The molecule has 1 aliphatic rings. The van der Waals surface area contributed by atoms with Crippen molar-refractivity contribution in [2.75, 3.05) is 6.54 Å². The van der Waals surface area contributed by atoms with Gasteiger partial charge in [-0.1, -0.05) is 46.9 Å². The summed E-state index contributed by atoms with van der Waals surface area (Å²) in [6, 6.07) is 11.1. The molecule has 3 aromatic rings. The topological polar surface area (TPSA) is 51.2 Å². The molecule has 4 nitrogen and oxygen atoms in total. The van der Waals surface area contributed by atoms with Gasteiger partial charge in [0.15, 0.2) is 5.75 Å². The maximum absolute atomic E-state index is 14.7. The minimum Gasteiger partial charge on any atom is -0.455 e. The lowest BCUT2D eigenvalue weighted by molar-refractivity contribution is -0.00239. The van der Waals surface area contributed by atoms with E-state index in [1.807, 2.05) is 18.2 Å². The molecule has 0 bridgehead atoms. The molecule has 9 heteroatoms. The molecule has 166 valence electrons. The lowest BCUT2D eigenvalue weighted by Crippen LogP contribution is -2.35. The van der Waals surface area contributed by atoms with Gasteiger partial charge in [0.05, 0.1) is 22.8 Å². The Labute approximate surface area is 198 Å². The van der Waals surface area contributed by atoms with Crippen molar-refractivity contribution in [3.05, 3.63) is 86.6 Å². The minimum absolute atomic E-state index is 0.0220. The van der Waals surface area contributed by atoms with Crippen molar-refractivity contribution in [3.63, 3.8) is 0 Å². The summed E-state index contributed by atoms with van der Waals surface area (Å²) >= 11 is 17.8. The Balaban J connectivity index is 1.53. The monoisotopic (exact) mass is 496 g/mol. The van der Waals surface area contributed by atoms with Crippen LogP contribution in [-0.2, 0) is 5.92 Å². The Hall–Kier alpha value is -2.41. The lowest BCUT2D eigenvalue weighted by Gasteiger charge is -2.19. The van der Waals surface area contributed by atoms with Crippen LogP contribution in [0.3, 0.4) is 0 Å². The molecule has 1 saturated carbocycles. The molecule has 1 N–H and O–H groups in total. The van der Waals surface area contributed by atoms with Gasteiger partial charge in [-0.15, -0.1) is 0 Å². The molecule has 0 radical (unpaired) electrons. The van der Waals surface area contributed by atoms with E-state index in [9.17, 15) is 13.6 Å². The summed E-state index contributed by atoms with van der Waals surface area (Å²) in [5.74, 6) is -3.17. The smallest absolute Gasteiger partial charge is 0.291 e. The number of halogens is 5. The molecule has 0 spiro atoms. The van der Waals surface area contributed by atoms with Gasteiger partial charge in [-0.25, -0.2) is 0 Å². The fourth-order valence-corrected chi connectivity index (χ4v) is 4.03. The van der Waals surface area contributed by atoms with Crippen LogP contribution >= 0.6 is 34.8 Å². The van der Waals surface area contributed by atoms with Gasteiger partial charge in [-0.05, 0) is 54.7 Å². The maximum Gasteiger partial charge on any atom is 0.291 e. The number of nitrogens with one attached hydrogen (secondary N) is 1. The van der Waals surface area contributed by atoms with Gasteiger partial charge < -0.3 is 10.1 Å². The van der Waals surface area contributed by atoms with Crippen LogP contribution in [0, 0.1) is 0 Å². The summed E-state index contributed by atoms with van der Waals surface area (Å²) in [5, 5.41) is 2.23. The van der Waals surface area contributed by atoms with E-state index >= 15 is 0 Å². The molecule has 1 amide bonds. The number of nitrogens with zero attached hydrogens (tertiary/aromatic N) is 1. The van der Waals surface area contributed by atoms with E-state index in [0.29, 0.717) is 11.7 Å². The van der Waals surface area contributed by atoms with Crippen LogP contribution in [0.2, 0.25) is 15.1 Å². The number of aromatic nitrogens is 1. The fraction of sp³-hybridized carbons (Fsp3) is 0.217. The van der Waals surface area contributed by atoms with Crippen LogP contribution < -0.4 is 10.1 Å². The van der Waals surface area contributed by atoms with E-state index in [-0.39, 0.29) is 26.4 Å². The van der Waals surface area contributed by atoms with Crippen molar-refractivity contribution in [1.82, 2.24) is 10.3 Å². The molecule has 1 aromatic heterocycles. The number of pyridine rings is 1. The Morgan fingerprint density at radius 2 is 1.88 bits per heavy atom. The molecule has 1 aliphatic carbocycles. The van der Waals surface area contributed by atoms with Crippen LogP contribution in [0.15, 0.2) is 54.9 Å². The van der Waals surface area contributed by atoms with Gasteiger partial charge in [0.1, 0.15) is 11.3 Å². The average molecular weight is 498 g/mol. The Kier molecular flexibility index (Phi) is 6.56. The van der Waals surface area contributed by atoms with E-state index in [0.717, 1.165) is 24.5 Å². The second-order valence-electron chi connectivity index (χ2n) is 7.45. The predicted octanol–water partition coefficient (Wildman–Crippen LogP) is 7.23. The number of alkyl halides is 2. The number of amides is 1. The van der Waals surface area contributed by atoms with Crippen LogP contribution in [0.5, 0.6) is 11.5 Å². The van der Waals surface area contributed by atoms with Crippen LogP contribution in [0.4, 0.5) is 8.78 Å². The number of hydrogen-bond donors (Lipinski definition) is 1. The molecule has 0 aliphatic heterocycles. The average Bonchev–Trinajstić information content (AvgIpc) is 3.58. The van der Waals surface area contributed by atoms with Gasteiger partial charge in [0, 0.05) is 16.8 Å². The molecule has 0 unspecified atom stereocenters. The first-order chi connectivity index (χ1) is 15.2. The van der Waals surface area contributed by atoms with Gasteiger partial charge in [0.2, 0.25) is 0 Å². The van der Waals surface area contributed by atoms with Gasteiger partial charge >= 0.3 is 0 Å². The van der Waals surface area contributed by atoms with Crippen LogP contribution in [-0.4, -0.2) is 17.4 Å². The molecule has 1 heterocycles. The standard InChI is InChI=1S/C23H17Cl3F2N2O2/c24-15-6-7-17(18(25)9-15)23(27,28)12-30-22(31)21-19(26)10-29-11-20(21)32-16-3-1-2-14(8-16)13-4-5-13/h1-3,6-11,13H,4-5,12H2,(H,30,31). The number of rotatable bonds is 7. The number of carbonyl (C=O) groups is 1. The number of hydrogen-bond acceptors (Lipinski definition) is 3. The van der Waals surface area contributed by atoms with Gasteiger partial charge in [-0.3, -0.25) is 9.78 Å². The number of ether oxygens (including phenoxy) is 1. The third kappa shape index (κ3) is 5.14. The molecule has 4 rings (SSSR count). The normalized spacial score (nSPS) is 13.7. The third-order valence-corrected chi connectivity index (χ3v) is 5.86. The molecular formula is C23H17Cl3F2N2O2. The second-order valence-corrected chi connectivity index (χ2v) is 8.71. The summed E-state index contributed by atoms with van der Waals surface area (Å²) in [5.41, 5.74) is 0.609. The number of carbonyl (C=O) groups excluding carboxylic acids is 1. The summed E-state index contributed by atoms with van der Waals surface area (Å²) in [4.78, 5) is 16.7. The Morgan fingerprint density at radius 3 is 2.59 bits per heavy atom. The Morgan fingerprint density at radius 1 is 1.09 bits per heavy atom. The first-order valence-electron chi connectivity index (χ1n) is 9.77. The molecule has 0 saturated heterocycles. The first kappa shape index (κ1) is 22.8. The SMILES string of the molecule is O=C(NCC(F)(F)c1ccc(Cl)cc1Cl)c1c(Cl)cncc1Oc1cccc(C2CC2)c1. The van der Waals surface area contributed by atoms with Crippen molar-refractivity contribution >= 4 is 40.7 Å². The summed E-state index contributed by atoms with van der Waals surface area (Å²) in [6.45, 7) is -0.998. The van der Waals surface area contributed by atoms with Crippen molar-refractivity contribution < 1.29 is 18.3 Å². The van der Waals surface area contributed by atoms with E-state index in [2.05, 4.69) is 10.3 Å². The molecule has 0 atom stereocenters. The van der Waals surface area contributed by atoms with Crippen molar-refractivity contribution in [2.45, 2.75) is 24.7 Å². The summed E-state index contributed by atoms with van der Waals surface area (Å²) in [7, 11) is 0. The van der Waals surface area contributed by atoms with E-state index < -0.39 is 23.9 Å². The molecule has 2 aromatic carbocycles. The summed E-state index contributed by atoms with van der Waals surface area (Å²) < 4.78 is 35.2. The zero-order valence-corrected chi connectivity index (χ0v) is 18.8. The molecule has 1 fully saturated rings. The zero-order valence-electron chi connectivity index (χ0n) is 16.5. The maximum atomic E-state index is 14.7. The second kappa shape index (κ2) is 9.22. The lowest BCUT2D eigenvalue weighted by atomic mass is 10.1. The largest absolute Gasteiger partial charge is 0.455 e. The van der Waals surface area contributed by atoms with E-state index in [1.54, 1.807) is 6.07 Å². The first-order valence-corrected chi connectivity index (χ1v) is 10.9. The van der Waals surface area contributed by atoms with Gasteiger partial charge in [-0.2, -0.15) is 8.78 Å². The van der Waals surface area contributed by atoms with Crippen molar-refractivity contribution in [2.24, 2.45) is 0 Å². The molecular weight excluding hydrogens is 481 g/mol. The quantitative estimate of drug-likeness (QED) is 0.374. The van der Waals surface area contributed by atoms with Crippen molar-refractivity contribution in [1.29, 1.82) is 0 Å². The third-order valence-electron chi connectivity index (χ3n) is 5.02.